The number of anilines is 1. The molecular formula is C23H26FN5O2. The summed E-state index contributed by atoms with van der Waals surface area (Å²) in [5.41, 5.74) is 1.72. The zero-order valence-electron chi connectivity index (χ0n) is 17.6. The summed E-state index contributed by atoms with van der Waals surface area (Å²) in [5.74, 6) is 1.19. The molecule has 1 amide bonds. The lowest BCUT2D eigenvalue weighted by atomic mass is 9.93. The zero-order valence-corrected chi connectivity index (χ0v) is 17.6. The average molecular weight is 423 g/mol. The molecule has 2 aliphatic rings. The Morgan fingerprint density at radius 3 is 2.71 bits per heavy atom. The van der Waals surface area contributed by atoms with Gasteiger partial charge in [0, 0.05) is 31.7 Å². The Balaban J connectivity index is 1.44. The maximum atomic E-state index is 13.4. The minimum absolute atomic E-state index is 0.0433. The van der Waals surface area contributed by atoms with Crippen molar-refractivity contribution in [2.75, 3.05) is 31.1 Å². The van der Waals surface area contributed by atoms with E-state index in [0.717, 1.165) is 50.3 Å². The summed E-state index contributed by atoms with van der Waals surface area (Å²) < 4.78 is 18.8. The molecule has 2 atom stereocenters. The average Bonchev–Trinajstić information content (AvgIpc) is 3.23. The summed E-state index contributed by atoms with van der Waals surface area (Å²) in [4.78, 5) is 26.2. The van der Waals surface area contributed by atoms with Crippen molar-refractivity contribution in [3.05, 3.63) is 36.4 Å². The van der Waals surface area contributed by atoms with Gasteiger partial charge in [-0.2, -0.15) is 4.98 Å². The van der Waals surface area contributed by atoms with Crippen molar-refractivity contribution in [3.63, 3.8) is 0 Å². The summed E-state index contributed by atoms with van der Waals surface area (Å²) >= 11 is 0. The second kappa shape index (κ2) is 8.24. The molecule has 1 aromatic carbocycles. The van der Waals surface area contributed by atoms with Crippen LogP contribution in [0.25, 0.3) is 22.4 Å². The fraction of sp³-hybridized carbons (Fsp3) is 0.478. The number of fused-ring (bicyclic) bond motifs is 1. The molecule has 31 heavy (non-hydrogen) atoms. The van der Waals surface area contributed by atoms with E-state index in [1.165, 1.54) is 24.9 Å². The van der Waals surface area contributed by atoms with E-state index in [2.05, 4.69) is 26.9 Å². The molecule has 0 bridgehead atoms. The number of carbonyl (C=O) groups excluding carboxylic acids is 1. The first-order chi connectivity index (χ1) is 15.1. The molecule has 0 saturated carbocycles. The van der Waals surface area contributed by atoms with E-state index in [-0.39, 0.29) is 17.6 Å². The van der Waals surface area contributed by atoms with Crippen LogP contribution >= 0.6 is 0 Å². The van der Waals surface area contributed by atoms with Crippen molar-refractivity contribution in [1.29, 1.82) is 0 Å². The molecule has 2 saturated heterocycles. The number of aromatic nitrogens is 3. The Morgan fingerprint density at radius 1 is 1.10 bits per heavy atom. The highest BCUT2D eigenvalue weighted by molar-refractivity contribution is 5.98. The topological polar surface area (TPSA) is 75.4 Å². The minimum Gasteiger partial charge on any atom is -0.355 e. The van der Waals surface area contributed by atoms with Crippen molar-refractivity contribution in [2.24, 2.45) is 11.8 Å². The minimum atomic E-state index is -0.308. The van der Waals surface area contributed by atoms with Gasteiger partial charge in [0.25, 0.3) is 5.71 Å². The van der Waals surface area contributed by atoms with E-state index in [4.69, 9.17) is 4.52 Å². The molecule has 8 heteroatoms. The van der Waals surface area contributed by atoms with E-state index in [0.29, 0.717) is 29.3 Å². The monoisotopic (exact) mass is 423 g/mol. The molecule has 5 rings (SSSR count). The van der Waals surface area contributed by atoms with E-state index < -0.39 is 0 Å². The second-order valence-corrected chi connectivity index (χ2v) is 8.73. The lowest BCUT2D eigenvalue weighted by Crippen LogP contribution is -2.48. The molecule has 2 unspecified atom stereocenters. The summed E-state index contributed by atoms with van der Waals surface area (Å²) in [6.45, 7) is 5.35. The predicted molar refractivity (Wildman–Crippen MR) is 115 cm³/mol. The standard InChI is InChI=1S/C23H26FN5O2/c1-15-4-2-11-29(12-15)23(30)17-5-3-10-28(13-17)21-19-20(16-6-8-18(24)9-7-16)27-31-22(19)26-14-25-21/h6-9,14-15,17H,2-5,10-13H2,1H3. The number of carbonyl (C=O) groups is 1. The van der Waals surface area contributed by atoms with Gasteiger partial charge in [0.2, 0.25) is 5.91 Å². The highest BCUT2D eigenvalue weighted by Crippen LogP contribution is 2.35. The molecule has 0 aliphatic carbocycles. The number of hydrogen-bond acceptors (Lipinski definition) is 6. The molecule has 0 spiro atoms. The lowest BCUT2D eigenvalue weighted by molar-refractivity contribution is -0.137. The lowest BCUT2D eigenvalue weighted by Gasteiger charge is -2.38. The molecule has 4 heterocycles. The number of hydrogen-bond donors (Lipinski definition) is 0. The first-order valence-electron chi connectivity index (χ1n) is 11.0. The van der Waals surface area contributed by atoms with Gasteiger partial charge >= 0.3 is 0 Å². The molecular weight excluding hydrogens is 397 g/mol. The third kappa shape index (κ3) is 3.86. The van der Waals surface area contributed by atoms with Gasteiger partial charge in [0.1, 0.15) is 29.0 Å². The SMILES string of the molecule is CC1CCCN(C(=O)C2CCCN(c3ncnc4onc(-c5ccc(F)cc5)c34)C2)C1. The van der Waals surface area contributed by atoms with Crippen LogP contribution in [0.3, 0.4) is 0 Å². The Bertz CT molecular complexity index is 1080. The molecule has 2 fully saturated rings. The van der Waals surface area contributed by atoms with Crippen molar-refractivity contribution in [2.45, 2.75) is 32.6 Å². The predicted octanol–water partition coefficient (Wildman–Crippen LogP) is 3.90. The molecule has 162 valence electrons. The number of nitrogens with zero attached hydrogens (tertiary/aromatic N) is 5. The summed E-state index contributed by atoms with van der Waals surface area (Å²) in [6, 6.07) is 6.13. The maximum absolute atomic E-state index is 13.4. The van der Waals surface area contributed by atoms with Gasteiger partial charge in [-0.05, 0) is 55.9 Å². The number of likely N-dealkylation sites (tertiary alicyclic amines) is 1. The fourth-order valence-corrected chi connectivity index (χ4v) is 4.84. The normalized spacial score (nSPS) is 22.1. The highest BCUT2D eigenvalue weighted by atomic mass is 19.1. The van der Waals surface area contributed by atoms with Crippen LogP contribution < -0.4 is 4.90 Å². The van der Waals surface area contributed by atoms with Gasteiger partial charge in [-0.3, -0.25) is 4.79 Å². The molecule has 2 aliphatic heterocycles. The number of halogens is 1. The van der Waals surface area contributed by atoms with Crippen LogP contribution in [-0.4, -0.2) is 52.1 Å². The van der Waals surface area contributed by atoms with Gasteiger partial charge in [-0.25, -0.2) is 9.37 Å². The smallest absolute Gasteiger partial charge is 0.263 e. The van der Waals surface area contributed by atoms with Crippen LogP contribution in [0.4, 0.5) is 10.2 Å². The molecule has 2 aromatic heterocycles. The van der Waals surface area contributed by atoms with Gasteiger partial charge in [-0.15, -0.1) is 0 Å². The largest absolute Gasteiger partial charge is 0.355 e. The highest BCUT2D eigenvalue weighted by Gasteiger charge is 2.33. The van der Waals surface area contributed by atoms with Crippen molar-refractivity contribution in [1.82, 2.24) is 20.0 Å². The van der Waals surface area contributed by atoms with Gasteiger partial charge < -0.3 is 14.3 Å². The van der Waals surface area contributed by atoms with Crippen LogP contribution in [0.1, 0.15) is 32.6 Å². The van der Waals surface area contributed by atoms with Crippen LogP contribution in [0.15, 0.2) is 35.1 Å². The van der Waals surface area contributed by atoms with Gasteiger partial charge in [0.05, 0.1) is 5.92 Å². The van der Waals surface area contributed by atoms with E-state index in [9.17, 15) is 9.18 Å². The second-order valence-electron chi connectivity index (χ2n) is 8.73. The van der Waals surface area contributed by atoms with Crippen molar-refractivity contribution in [3.8, 4) is 11.3 Å². The number of amides is 1. The van der Waals surface area contributed by atoms with Crippen LogP contribution in [0.2, 0.25) is 0 Å². The Hall–Kier alpha value is -3.03. The van der Waals surface area contributed by atoms with Gasteiger partial charge in [0.15, 0.2) is 0 Å². The first-order valence-corrected chi connectivity index (χ1v) is 11.0. The quantitative estimate of drug-likeness (QED) is 0.636. The van der Waals surface area contributed by atoms with Gasteiger partial charge in [-0.1, -0.05) is 12.1 Å². The first kappa shape index (κ1) is 19.9. The third-order valence-corrected chi connectivity index (χ3v) is 6.41. The summed E-state index contributed by atoms with van der Waals surface area (Å²) in [5, 5.41) is 4.89. The summed E-state index contributed by atoms with van der Waals surface area (Å²) in [7, 11) is 0. The molecule has 0 radical (unpaired) electrons. The van der Waals surface area contributed by atoms with E-state index in [1.54, 1.807) is 12.1 Å². The van der Waals surface area contributed by atoms with E-state index in [1.807, 2.05) is 4.90 Å². The summed E-state index contributed by atoms with van der Waals surface area (Å²) in [6.07, 6.45) is 5.55. The number of piperidine rings is 2. The Labute approximate surface area is 180 Å². The molecule has 3 aromatic rings. The number of benzene rings is 1. The Morgan fingerprint density at radius 2 is 1.90 bits per heavy atom. The van der Waals surface area contributed by atoms with Crippen LogP contribution in [-0.2, 0) is 4.79 Å². The number of rotatable bonds is 3. The molecule has 7 nitrogen and oxygen atoms in total. The van der Waals surface area contributed by atoms with Crippen molar-refractivity contribution < 1.29 is 13.7 Å². The van der Waals surface area contributed by atoms with Crippen molar-refractivity contribution >= 4 is 22.8 Å². The third-order valence-electron chi connectivity index (χ3n) is 6.41. The maximum Gasteiger partial charge on any atom is 0.263 e. The molecule has 0 N–H and O–H groups in total. The van der Waals surface area contributed by atoms with E-state index >= 15 is 0 Å². The Kier molecular flexibility index (Phi) is 5.29. The van der Waals surface area contributed by atoms with Crippen LogP contribution in [0.5, 0.6) is 0 Å². The zero-order chi connectivity index (χ0) is 21.4. The van der Waals surface area contributed by atoms with Crippen LogP contribution in [0, 0.1) is 17.7 Å². The fourth-order valence-electron chi connectivity index (χ4n) is 4.84.